The quantitative estimate of drug-likeness (QED) is 0.872. The minimum absolute atomic E-state index is 0.0231. The van der Waals surface area contributed by atoms with E-state index in [9.17, 15) is 4.79 Å². The Labute approximate surface area is 108 Å². The summed E-state index contributed by atoms with van der Waals surface area (Å²) in [5, 5.41) is 2.96. The molecule has 0 saturated carbocycles. The second kappa shape index (κ2) is 5.50. The first kappa shape index (κ1) is 12.4. The molecule has 0 bridgehead atoms. The molecule has 0 fully saturated rings. The molecule has 0 atom stereocenters. The summed E-state index contributed by atoms with van der Waals surface area (Å²) in [5.74, 6) is 0.0231. The van der Waals surface area contributed by atoms with Gasteiger partial charge < -0.3 is 5.32 Å². The average Bonchev–Trinajstić information content (AvgIpc) is 2.36. The van der Waals surface area contributed by atoms with E-state index in [1.807, 2.05) is 62.4 Å². The van der Waals surface area contributed by atoms with Gasteiger partial charge in [-0.1, -0.05) is 42.5 Å². The molecule has 1 N–H and O–H groups in total. The number of hydrogen-bond acceptors (Lipinski definition) is 1. The zero-order valence-corrected chi connectivity index (χ0v) is 10.7. The van der Waals surface area contributed by atoms with Gasteiger partial charge >= 0.3 is 0 Å². The Bertz CT molecular complexity index is 546. The van der Waals surface area contributed by atoms with Crippen LogP contribution in [0.5, 0.6) is 0 Å². The molecule has 0 heterocycles. The third-order valence-corrected chi connectivity index (χ3v) is 3.09. The predicted molar refractivity (Wildman–Crippen MR) is 74.7 cm³/mol. The molecule has 0 unspecified atom stereocenters. The summed E-state index contributed by atoms with van der Waals surface area (Å²) in [5.41, 5.74) is 4.24. The van der Waals surface area contributed by atoms with Crippen LogP contribution in [0.1, 0.15) is 16.7 Å². The van der Waals surface area contributed by atoms with E-state index in [0.717, 1.165) is 16.8 Å². The Morgan fingerprint density at radius 3 is 2.44 bits per heavy atom. The zero-order valence-electron chi connectivity index (χ0n) is 10.7. The third-order valence-electron chi connectivity index (χ3n) is 3.09. The second-order valence-electron chi connectivity index (χ2n) is 4.46. The van der Waals surface area contributed by atoms with Gasteiger partial charge in [0.1, 0.15) is 0 Å². The maximum absolute atomic E-state index is 11.9. The van der Waals surface area contributed by atoms with Crippen molar-refractivity contribution in [1.82, 2.24) is 0 Å². The van der Waals surface area contributed by atoms with Crippen LogP contribution in [0.15, 0.2) is 48.5 Å². The monoisotopic (exact) mass is 239 g/mol. The number of nitrogens with one attached hydrogen (secondary N) is 1. The fourth-order valence-corrected chi connectivity index (χ4v) is 1.86. The van der Waals surface area contributed by atoms with E-state index >= 15 is 0 Å². The van der Waals surface area contributed by atoms with Gasteiger partial charge in [-0.2, -0.15) is 0 Å². The fourth-order valence-electron chi connectivity index (χ4n) is 1.86. The number of carbonyl (C=O) groups excluding carboxylic acids is 1. The van der Waals surface area contributed by atoms with E-state index in [1.165, 1.54) is 5.56 Å². The highest BCUT2D eigenvalue weighted by Gasteiger charge is 2.06. The van der Waals surface area contributed by atoms with E-state index in [-0.39, 0.29) is 5.91 Å². The molecular formula is C16H17NO. The molecule has 0 aromatic heterocycles. The highest BCUT2D eigenvalue weighted by atomic mass is 16.1. The summed E-state index contributed by atoms with van der Waals surface area (Å²) in [6.07, 6.45) is 0.411. The topological polar surface area (TPSA) is 29.1 Å². The fraction of sp³-hybridized carbons (Fsp3) is 0.188. The number of anilines is 1. The highest BCUT2D eigenvalue weighted by Crippen LogP contribution is 2.18. The maximum Gasteiger partial charge on any atom is 0.228 e. The number of benzene rings is 2. The van der Waals surface area contributed by atoms with Gasteiger partial charge in [-0.3, -0.25) is 4.79 Å². The summed E-state index contributed by atoms with van der Waals surface area (Å²) >= 11 is 0. The molecule has 2 heteroatoms. The minimum atomic E-state index is 0.0231. The van der Waals surface area contributed by atoms with Crippen molar-refractivity contribution in [3.8, 4) is 0 Å². The molecule has 18 heavy (non-hydrogen) atoms. The van der Waals surface area contributed by atoms with Gasteiger partial charge in [0.05, 0.1) is 6.42 Å². The molecule has 2 nitrogen and oxygen atoms in total. The summed E-state index contributed by atoms with van der Waals surface area (Å²) in [6, 6.07) is 15.7. The molecule has 2 rings (SSSR count). The number of carbonyl (C=O) groups is 1. The van der Waals surface area contributed by atoms with Gasteiger partial charge in [0, 0.05) is 5.69 Å². The van der Waals surface area contributed by atoms with Crippen molar-refractivity contribution in [1.29, 1.82) is 0 Å². The molecule has 0 radical (unpaired) electrons. The van der Waals surface area contributed by atoms with Gasteiger partial charge in [-0.05, 0) is 36.6 Å². The van der Waals surface area contributed by atoms with Crippen molar-refractivity contribution in [2.24, 2.45) is 0 Å². The van der Waals surface area contributed by atoms with Crippen LogP contribution in [0.4, 0.5) is 5.69 Å². The molecule has 0 saturated heterocycles. The largest absolute Gasteiger partial charge is 0.326 e. The Hall–Kier alpha value is -2.09. The van der Waals surface area contributed by atoms with Crippen LogP contribution < -0.4 is 5.32 Å². The van der Waals surface area contributed by atoms with Crippen molar-refractivity contribution in [3.05, 3.63) is 65.2 Å². The van der Waals surface area contributed by atoms with Crippen LogP contribution in [0.2, 0.25) is 0 Å². The zero-order chi connectivity index (χ0) is 13.0. The van der Waals surface area contributed by atoms with Crippen molar-refractivity contribution in [2.45, 2.75) is 20.3 Å². The second-order valence-corrected chi connectivity index (χ2v) is 4.46. The van der Waals surface area contributed by atoms with Gasteiger partial charge in [0.15, 0.2) is 0 Å². The number of amides is 1. The summed E-state index contributed by atoms with van der Waals surface area (Å²) < 4.78 is 0. The van der Waals surface area contributed by atoms with Crippen molar-refractivity contribution >= 4 is 11.6 Å². The SMILES string of the molecule is Cc1cccc(NC(=O)Cc2ccccc2)c1C. The normalized spacial score (nSPS) is 10.1. The lowest BCUT2D eigenvalue weighted by atomic mass is 10.1. The smallest absolute Gasteiger partial charge is 0.228 e. The van der Waals surface area contributed by atoms with Crippen molar-refractivity contribution < 1.29 is 4.79 Å². The Kier molecular flexibility index (Phi) is 3.78. The first-order valence-corrected chi connectivity index (χ1v) is 6.07. The maximum atomic E-state index is 11.9. The molecule has 0 aliphatic rings. The van der Waals surface area contributed by atoms with Gasteiger partial charge in [0.2, 0.25) is 5.91 Å². The van der Waals surface area contributed by atoms with E-state index in [0.29, 0.717) is 6.42 Å². The third kappa shape index (κ3) is 2.98. The Morgan fingerprint density at radius 2 is 1.72 bits per heavy atom. The highest BCUT2D eigenvalue weighted by molar-refractivity contribution is 5.93. The minimum Gasteiger partial charge on any atom is -0.326 e. The van der Waals surface area contributed by atoms with Crippen LogP contribution in [0.3, 0.4) is 0 Å². The van der Waals surface area contributed by atoms with Crippen LogP contribution >= 0.6 is 0 Å². The summed E-state index contributed by atoms with van der Waals surface area (Å²) in [6.45, 7) is 4.07. The molecular weight excluding hydrogens is 222 g/mol. The van der Waals surface area contributed by atoms with Crippen LogP contribution in [0, 0.1) is 13.8 Å². The van der Waals surface area contributed by atoms with Crippen molar-refractivity contribution in [3.63, 3.8) is 0 Å². The summed E-state index contributed by atoms with van der Waals surface area (Å²) in [4.78, 5) is 11.9. The Morgan fingerprint density at radius 1 is 1.00 bits per heavy atom. The van der Waals surface area contributed by atoms with Crippen LogP contribution in [-0.4, -0.2) is 5.91 Å². The van der Waals surface area contributed by atoms with E-state index in [4.69, 9.17) is 0 Å². The van der Waals surface area contributed by atoms with Crippen LogP contribution in [0.25, 0.3) is 0 Å². The molecule has 0 spiro atoms. The predicted octanol–water partition coefficient (Wildman–Crippen LogP) is 3.48. The van der Waals surface area contributed by atoms with Crippen molar-refractivity contribution in [2.75, 3.05) is 5.32 Å². The lowest BCUT2D eigenvalue weighted by molar-refractivity contribution is -0.115. The molecule has 0 aliphatic carbocycles. The standard InChI is InChI=1S/C16H17NO/c1-12-7-6-10-15(13(12)2)17-16(18)11-14-8-4-3-5-9-14/h3-10H,11H2,1-2H3,(H,17,18). The van der Waals surface area contributed by atoms with E-state index < -0.39 is 0 Å². The molecule has 1 amide bonds. The first-order valence-electron chi connectivity index (χ1n) is 6.07. The Balaban J connectivity index is 2.06. The summed E-state index contributed by atoms with van der Waals surface area (Å²) in [7, 11) is 0. The lowest BCUT2D eigenvalue weighted by Gasteiger charge is -2.10. The molecule has 0 aliphatic heterocycles. The van der Waals surface area contributed by atoms with Gasteiger partial charge in [-0.15, -0.1) is 0 Å². The molecule has 2 aromatic carbocycles. The number of rotatable bonds is 3. The lowest BCUT2D eigenvalue weighted by Crippen LogP contribution is -2.15. The first-order chi connectivity index (χ1) is 8.66. The average molecular weight is 239 g/mol. The van der Waals surface area contributed by atoms with Gasteiger partial charge in [0.25, 0.3) is 0 Å². The molecule has 92 valence electrons. The van der Waals surface area contributed by atoms with E-state index in [2.05, 4.69) is 5.32 Å². The van der Waals surface area contributed by atoms with Crippen LogP contribution in [-0.2, 0) is 11.2 Å². The molecule has 2 aromatic rings. The number of hydrogen-bond donors (Lipinski definition) is 1. The van der Waals surface area contributed by atoms with E-state index in [1.54, 1.807) is 0 Å². The number of aryl methyl sites for hydroxylation is 1. The van der Waals surface area contributed by atoms with Gasteiger partial charge in [-0.25, -0.2) is 0 Å².